The van der Waals surface area contributed by atoms with E-state index in [9.17, 15) is 4.79 Å². The SMILES string of the molecule is CC(C)OC(=O)c1cccnc1N1CCN(Cc2ccc(OCc3ccc(C(C)C)cc3)cc2)CC1. The van der Waals surface area contributed by atoms with Crippen LogP contribution >= 0.6 is 0 Å². The van der Waals surface area contributed by atoms with Gasteiger partial charge in [-0.3, -0.25) is 4.90 Å². The van der Waals surface area contributed by atoms with Crippen LogP contribution in [0.4, 0.5) is 5.82 Å². The van der Waals surface area contributed by atoms with Crippen LogP contribution in [0.3, 0.4) is 0 Å². The number of hydrogen-bond acceptors (Lipinski definition) is 6. The Morgan fingerprint density at radius 1 is 0.889 bits per heavy atom. The molecule has 1 aliphatic heterocycles. The molecule has 1 fully saturated rings. The fourth-order valence-corrected chi connectivity index (χ4v) is 4.32. The van der Waals surface area contributed by atoms with Crippen molar-refractivity contribution in [3.63, 3.8) is 0 Å². The largest absolute Gasteiger partial charge is 0.489 e. The van der Waals surface area contributed by atoms with E-state index < -0.39 is 0 Å². The van der Waals surface area contributed by atoms with Crippen LogP contribution in [0.5, 0.6) is 5.75 Å². The highest BCUT2D eigenvalue weighted by Crippen LogP contribution is 2.22. The number of piperazine rings is 1. The van der Waals surface area contributed by atoms with Crippen molar-refractivity contribution in [2.45, 2.75) is 52.9 Å². The second-order valence-electron chi connectivity index (χ2n) is 9.92. The first-order chi connectivity index (χ1) is 17.4. The number of ether oxygens (including phenoxy) is 2. The van der Waals surface area contributed by atoms with E-state index in [2.05, 4.69) is 77.2 Å². The minimum atomic E-state index is -0.314. The molecule has 3 aromatic rings. The van der Waals surface area contributed by atoms with Gasteiger partial charge < -0.3 is 14.4 Å². The van der Waals surface area contributed by atoms with Crippen molar-refractivity contribution in [3.8, 4) is 5.75 Å². The molecule has 0 bridgehead atoms. The van der Waals surface area contributed by atoms with Crippen LogP contribution in [0.25, 0.3) is 0 Å². The Bertz CT molecular complexity index is 1120. The molecule has 1 aliphatic rings. The van der Waals surface area contributed by atoms with Gasteiger partial charge in [0.15, 0.2) is 0 Å². The van der Waals surface area contributed by atoms with Gasteiger partial charge in [-0.15, -0.1) is 0 Å². The zero-order chi connectivity index (χ0) is 25.5. The predicted molar refractivity (Wildman–Crippen MR) is 144 cm³/mol. The average Bonchev–Trinajstić information content (AvgIpc) is 2.88. The van der Waals surface area contributed by atoms with Gasteiger partial charge in [0.25, 0.3) is 0 Å². The lowest BCUT2D eigenvalue weighted by atomic mass is 10.0. The van der Waals surface area contributed by atoms with Gasteiger partial charge in [0.1, 0.15) is 23.7 Å². The number of esters is 1. The van der Waals surface area contributed by atoms with Crippen LogP contribution in [0.15, 0.2) is 66.9 Å². The van der Waals surface area contributed by atoms with E-state index in [1.165, 1.54) is 16.7 Å². The molecule has 0 spiro atoms. The highest BCUT2D eigenvalue weighted by Gasteiger charge is 2.23. The van der Waals surface area contributed by atoms with Gasteiger partial charge in [-0.2, -0.15) is 0 Å². The molecule has 0 aliphatic carbocycles. The third-order valence-corrected chi connectivity index (χ3v) is 6.40. The van der Waals surface area contributed by atoms with Gasteiger partial charge in [-0.1, -0.05) is 50.2 Å². The number of carbonyl (C=O) groups is 1. The minimum absolute atomic E-state index is 0.157. The molecule has 0 atom stereocenters. The molecule has 0 N–H and O–H groups in total. The highest BCUT2D eigenvalue weighted by molar-refractivity contribution is 5.94. The maximum atomic E-state index is 12.5. The first kappa shape index (κ1) is 25.7. The fourth-order valence-electron chi connectivity index (χ4n) is 4.32. The molecule has 1 aromatic heterocycles. The summed E-state index contributed by atoms with van der Waals surface area (Å²) in [5.41, 5.74) is 4.31. The van der Waals surface area contributed by atoms with E-state index in [0.29, 0.717) is 23.9 Å². The summed E-state index contributed by atoms with van der Waals surface area (Å²) in [5.74, 6) is 1.82. The second-order valence-corrected chi connectivity index (χ2v) is 9.92. The first-order valence-electron chi connectivity index (χ1n) is 12.8. The molecule has 190 valence electrons. The Hall–Kier alpha value is -3.38. The van der Waals surface area contributed by atoms with Crippen molar-refractivity contribution in [1.82, 2.24) is 9.88 Å². The summed E-state index contributed by atoms with van der Waals surface area (Å²) in [6.07, 6.45) is 1.58. The predicted octanol–water partition coefficient (Wildman–Crippen LogP) is 5.67. The average molecular weight is 488 g/mol. The van der Waals surface area contributed by atoms with Crippen molar-refractivity contribution in [2.24, 2.45) is 0 Å². The summed E-state index contributed by atoms with van der Waals surface area (Å²) in [5, 5.41) is 0. The van der Waals surface area contributed by atoms with Crippen LogP contribution in [0.1, 0.15) is 60.7 Å². The maximum absolute atomic E-state index is 12.5. The van der Waals surface area contributed by atoms with Gasteiger partial charge in [0.2, 0.25) is 0 Å². The van der Waals surface area contributed by atoms with Crippen molar-refractivity contribution >= 4 is 11.8 Å². The highest BCUT2D eigenvalue weighted by atomic mass is 16.5. The summed E-state index contributed by atoms with van der Waals surface area (Å²) in [6, 6.07) is 20.6. The monoisotopic (exact) mass is 487 g/mol. The second kappa shape index (κ2) is 12.0. The molecule has 4 rings (SSSR count). The number of benzene rings is 2. The lowest BCUT2D eigenvalue weighted by molar-refractivity contribution is 0.0378. The van der Waals surface area contributed by atoms with Crippen LogP contribution < -0.4 is 9.64 Å². The maximum Gasteiger partial charge on any atom is 0.342 e. The number of hydrogen-bond donors (Lipinski definition) is 0. The molecule has 0 saturated carbocycles. The van der Waals surface area contributed by atoms with E-state index in [4.69, 9.17) is 9.47 Å². The summed E-state index contributed by atoms with van der Waals surface area (Å²) in [4.78, 5) is 21.6. The Balaban J connectivity index is 1.27. The summed E-state index contributed by atoms with van der Waals surface area (Å²) >= 11 is 0. The van der Waals surface area contributed by atoms with E-state index in [0.717, 1.165) is 38.5 Å². The molecule has 6 nitrogen and oxygen atoms in total. The van der Waals surface area contributed by atoms with Crippen LogP contribution in [-0.2, 0) is 17.9 Å². The molecular formula is C30H37N3O3. The zero-order valence-electron chi connectivity index (χ0n) is 21.8. The third kappa shape index (κ3) is 6.85. The zero-order valence-corrected chi connectivity index (χ0v) is 21.8. The molecule has 0 radical (unpaired) electrons. The molecule has 36 heavy (non-hydrogen) atoms. The van der Waals surface area contributed by atoms with Crippen molar-refractivity contribution in [2.75, 3.05) is 31.1 Å². The van der Waals surface area contributed by atoms with Crippen LogP contribution in [0.2, 0.25) is 0 Å². The number of pyridine rings is 1. The lowest BCUT2D eigenvalue weighted by Gasteiger charge is -2.36. The molecule has 6 heteroatoms. The van der Waals surface area contributed by atoms with Gasteiger partial charge in [0, 0.05) is 38.9 Å². The Morgan fingerprint density at radius 3 is 2.19 bits per heavy atom. The topological polar surface area (TPSA) is 54.9 Å². The van der Waals surface area contributed by atoms with E-state index >= 15 is 0 Å². The van der Waals surface area contributed by atoms with Gasteiger partial charge in [-0.25, -0.2) is 9.78 Å². The molecule has 2 aromatic carbocycles. The summed E-state index contributed by atoms with van der Waals surface area (Å²) in [7, 11) is 0. The third-order valence-electron chi connectivity index (χ3n) is 6.40. The number of rotatable bonds is 9. The van der Waals surface area contributed by atoms with E-state index in [1.54, 1.807) is 18.3 Å². The number of nitrogens with zero attached hydrogens (tertiary/aromatic N) is 3. The van der Waals surface area contributed by atoms with E-state index in [-0.39, 0.29) is 12.1 Å². The Kier molecular flexibility index (Phi) is 8.60. The molecular weight excluding hydrogens is 450 g/mol. The minimum Gasteiger partial charge on any atom is -0.489 e. The van der Waals surface area contributed by atoms with Crippen molar-refractivity contribution in [1.29, 1.82) is 0 Å². The van der Waals surface area contributed by atoms with Gasteiger partial charge in [-0.05, 0) is 60.7 Å². The van der Waals surface area contributed by atoms with Crippen molar-refractivity contribution in [3.05, 3.63) is 89.1 Å². The van der Waals surface area contributed by atoms with Crippen LogP contribution in [-0.4, -0.2) is 48.1 Å². The normalized spacial score (nSPS) is 14.3. The Morgan fingerprint density at radius 2 is 1.56 bits per heavy atom. The lowest BCUT2D eigenvalue weighted by Crippen LogP contribution is -2.46. The molecule has 1 saturated heterocycles. The summed E-state index contributed by atoms with van der Waals surface area (Å²) in [6.45, 7) is 13.0. The number of aromatic nitrogens is 1. The van der Waals surface area contributed by atoms with Gasteiger partial charge >= 0.3 is 5.97 Å². The Labute approximate surface area is 214 Å². The van der Waals surface area contributed by atoms with Crippen molar-refractivity contribution < 1.29 is 14.3 Å². The van der Waals surface area contributed by atoms with E-state index in [1.807, 2.05) is 13.8 Å². The summed E-state index contributed by atoms with van der Waals surface area (Å²) < 4.78 is 11.4. The fraction of sp³-hybridized carbons (Fsp3) is 0.400. The van der Waals surface area contributed by atoms with Crippen LogP contribution in [0, 0.1) is 0 Å². The molecule has 0 amide bonds. The first-order valence-corrected chi connectivity index (χ1v) is 12.8. The molecule has 0 unspecified atom stereocenters. The van der Waals surface area contributed by atoms with Gasteiger partial charge in [0.05, 0.1) is 6.10 Å². The quantitative estimate of drug-likeness (QED) is 0.363. The smallest absolute Gasteiger partial charge is 0.342 e. The molecule has 2 heterocycles. The standard InChI is InChI=1S/C30H37N3O3/c1-22(2)26-11-7-25(8-12-26)21-35-27-13-9-24(10-14-27)20-32-16-18-33(19-17-32)29-28(6-5-15-31-29)30(34)36-23(3)4/h5-15,22-23H,16-21H2,1-4H3. The number of carbonyl (C=O) groups excluding carboxylic acids is 1. The number of anilines is 1.